The Morgan fingerprint density at radius 3 is 3.05 bits per heavy atom. The van der Waals surface area contributed by atoms with E-state index in [1.807, 2.05) is 19.9 Å². The summed E-state index contributed by atoms with van der Waals surface area (Å²) in [7, 11) is 0. The lowest BCUT2D eigenvalue weighted by Gasteiger charge is -2.12. The molecule has 1 aromatic carbocycles. The molecule has 0 saturated carbocycles. The molecule has 1 amide bonds. The number of aryl methyl sites for hydroxylation is 2. The van der Waals surface area contributed by atoms with E-state index in [2.05, 4.69) is 17.4 Å². The summed E-state index contributed by atoms with van der Waals surface area (Å²) in [6, 6.07) is 6.16. The van der Waals surface area contributed by atoms with Gasteiger partial charge in [-0.05, 0) is 50.3 Å². The molecule has 1 aliphatic rings. The van der Waals surface area contributed by atoms with Gasteiger partial charge in [0.15, 0.2) is 0 Å². The van der Waals surface area contributed by atoms with Crippen LogP contribution in [0.3, 0.4) is 0 Å². The van der Waals surface area contributed by atoms with Crippen molar-refractivity contribution in [1.82, 2.24) is 5.32 Å². The SMILES string of the molecule is Cc1ccc(C)c(OCCCC(=O)NC[C@@H]2CCCO2)c1. The first-order valence-electron chi connectivity index (χ1n) is 7.73. The summed E-state index contributed by atoms with van der Waals surface area (Å²) in [5, 5.41) is 2.92. The zero-order valence-electron chi connectivity index (χ0n) is 13.0. The molecule has 0 unspecified atom stereocenters. The summed E-state index contributed by atoms with van der Waals surface area (Å²) >= 11 is 0. The Morgan fingerprint density at radius 2 is 2.29 bits per heavy atom. The quantitative estimate of drug-likeness (QED) is 0.786. The van der Waals surface area contributed by atoms with Crippen LogP contribution in [0, 0.1) is 13.8 Å². The van der Waals surface area contributed by atoms with E-state index < -0.39 is 0 Å². The van der Waals surface area contributed by atoms with E-state index in [1.165, 1.54) is 5.56 Å². The minimum Gasteiger partial charge on any atom is -0.493 e. The van der Waals surface area contributed by atoms with Crippen molar-refractivity contribution in [2.24, 2.45) is 0 Å². The smallest absolute Gasteiger partial charge is 0.220 e. The lowest BCUT2D eigenvalue weighted by Crippen LogP contribution is -2.31. The van der Waals surface area contributed by atoms with Crippen molar-refractivity contribution >= 4 is 5.91 Å². The summed E-state index contributed by atoms with van der Waals surface area (Å²) < 4.78 is 11.2. The third kappa shape index (κ3) is 5.38. The lowest BCUT2D eigenvalue weighted by molar-refractivity contribution is -0.121. The molecule has 0 radical (unpaired) electrons. The van der Waals surface area contributed by atoms with Crippen molar-refractivity contribution < 1.29 is 14.3 Å². The first kappa shape index (κ1) is 15.8. The second kappa shape index (κ2) is 8.03. The molecule has 4 nitrogen and oxygen atoms in total. The molecule has 1 aliphatic heterocycles. The van der Waals surface area contributed by atoms with Crippen LogP contribution in [-0.2, 0) is 9.53 Å². The highest BCUT2D eigenvalue weighted by Crippen LogP contribution is 2.19. The number of amides is 1. The first-order valence-corrected chi connectivity index (χ1v) is 7.73. The van der Waals surface area contributed by atoms with Gasteiger partial charge >= 0.3 is 0 Å². The van der Waals surface area contributed by atoms with E-state index in [1.54, 1.807) is 0 Å². The molecule has 0 aliphatic carbocycles. The highest BCUT2D eigenvalue weighted by atomic mass is 16.5. The maximum absolute atomic E-state index is 11.7. The molecule has 2 rings (SSSR count). The van der Waals surface area contributed by atoms with Crippen LogP contribution in [0.4, 0.5) is 0 Å². The van der Waals surface area contributed by atoms with Gasteiger partial charge in [-0.25, -0.2) is 0 Å². The molecule has 0 spiro atoms. The van der Waals surface area contributed by atoms with Crippen LogP contribution in [0.5, 0.6) is 5.75 Å². The van der Waals surface area contributed by atoms with Crippen molar-refractivity contribution in [3.63, 3.8) is 0 Å². The highest BCUT2D eigenvalue weighted by Gasteiger charge is 2.15. The summed E-state index contributed by atoms with van der Waals surface area (Å²) in [4.78, 5) is 11.7. The molecule has 1 aromatic rings. The Morgan fingerprint density at radius 1 is 1.43 bits per heavy atom. The average molecular weight is 291 g/mol. The summed E-state index contributed by atoms with van der Waals surface area (Å²) in [6.45, 7) is 6.10. The molecule has 1 N–H and O–H groups in total. The monoisotopic (exact) mass is 291 g/mol. The summed E-state index contributed by atoms with van der Waals surface area (Å²) in [5.41, 5.74) is 2.31. The van der Waals surface area contributed by atoms with Crippen LogP contribution in [-0.4, -0.2) is 31.8 Å². The van der Waals surface area contributed by atoms with Crippen LogP contribution in [0.25, 0.3) is 0 Å². The molecular formula is C17H25NO3. The van der Waals surface area contributed by atoms with Crippen molar-refractivity contribution in [3.05, 3.63) is 29.3 Å². The fourth-order valence-corrected chi connectivity index (χ4v) is 2.40. The molecule has 1 heterocycles. The van der Waals surface area contributed by atoms with E-state index >= 15 is 0 Å². The number of ether oxygens (including phenoxy) is 2. The molecule has 0 bridgehead atoms. The van der Waals surface area contributed by atoms with Crippen molar-refractivity contribution in [2.75, 3.05) is 19.8 Å². The van der Waals surface area contributed by atoms with E-state index in [4.69, 9.17) is 9.47 Å². The number of carbonyl (C=O) groups excluding carboxylic acids is 1. The van der Waals surface area contributed by atoms with E-state index in [0.717, 1.165) is 37.2 Å². The van der Waals surface area contributed by atoms with Crippen LogP contribution in [0.1, 0.15) is 36.8 Å². The van der Waals surface area contributed by atoms with E-state index in [0.29, 0.717) is 19.6 Å². The number of benzene rings is 1. The van der Waals surface area contributed by atoms with Gasteiger partial charge < -0.3 is 14.8 Å². The number of hydrogen-bond donors (Lipinski definition) is 1. The molecule has 1 fully saturated rings. The van der Waals surface area contributed by atoms with Crippen LogP contribution >= 0.6 is 0 Å². The molecule has 21 heavy (non-hydrogen) atoms. The van der Waals surface area contributed by atoms with Crippen molar-refractivity contribution in [3.8, 4) is 5.75 Å². The van der Waals surface area contributed by atoms with E-state index in [-0.39, 0.29) is 12.0 Å². The highest BCUT2D eigenvalue weighted by molar-refractivity contribution is 5.75. The third-order valence-corrected chi connectivity index (χ3v) is 3.70. The standard InChI is InChI=1S/C17H25NO3/c1-13-7-8-14(2)16(11-13)21-10-4-6-17(19)18-12-15-5-3-9-20-15/h7-8,11,15H,3-6,9-10,12H2,1-2H3,(H,18,19)/t15-/m0/s1. The molecule has 116 valence electrons. The fourth-order valence-electron chi connectivity index (χ4n) is 2.40. The molecule has 0 aromatic heterocycles. The average Bonchev–Trinajstić information content (AvgIpc) is 2.98. The number of carbonyl (C=O) groups is 1. The van der Waals surface area contributed by atoms with Gasteiger partial charge in [0.1, 0.15) is 5.75 Å². The van der Waals surface area contributed by atoms with Gasteiger partial charge in [-0.2, -0.15) is 0 Å². The van der Waals surface area contributed by atoms with Crippen LogP contribution in [0.15, 0.2) is 18.2 Å². The predicted molar refractivity (Wildman–Crippen MR) is 82.6 cm³/mol. The van der Waals surface area contributed by atoms with Crippen LogP contribution in [0.2, 0.25) is 0 Å². The number of nitrogens with one attached hydrogen (secondary N) is 1. The largest absolute Gasteiger partial charge is 0.493 e. The molecule has 1 saturated heterocycles. The normalized spacial score (nSPS) is 17.7. The second-order valence-electron chi connectivity index (χ2n) is 5.66. The summed E-state index contributed by atoms with van der Waals surface area (Å²) in [6.07, 6.45) is 3.59. The topological polar surface area (TPSA) is 47.6 Å². The minimum atomic E-state index is 0.0788. The zero-order chi connectivity index (χ0) is 15.1. The van der Waals surface area contributed by atoms with Crippen LogP contribution < -0.4 is 10.1 Å². The Labute approximate surface area is 126 Å². The van der Waals surface area contributed by atoms with Gasteiger partial charge in [-0.15, -0.1) is 0 Å². The van der Waals surface area contributed by atoms with Gasteiger partial charge in [0.2, 0.25) is 5.91 Å². The Kier molecular flexibility index (Phi) is 6.05. The molecule has 4 heteroatoms. The number of rotatable bonds is 7. The predicted octanol–water partition coefficient (Wildman–Crippen LogP) is 2.76. The zero-order valence-corrected chi connectivity index (χ0v) is 13.0. The van der Waals surface area contributed by atoms with Gasteiger partial charge in [0.25, 0.3) is 0 Å². The third-order valence-electron chi connectivity index (χ3n) is 3.70. The minimum absolute atomic E-state index is 0.0788. The van der Waals surface area contributed by atoms with Gasteiger partial charge in [-0.3, -0.25) is 4.79 Å². The maximum atomic E-state index is 11.7. The molecular weight excluding hydrogens is 266 g/mol. The Bertz CT molecular complexity index is 467. The van der Waals surface area contributed by atoms with Gasteiger partial charge in [-0.1, -0.05) is 12.1 Å². The Balaban J connectivity index is 1.60. The van der Waals surface area contributed by atoms with Gasteiger partial charge in [0.05, 0.1) is 12.7 Å². The fraction of sp³-hybridized carbons (Fsp3) is 0.588. The van der Waals surface area contributed by atoms with Crippen molar-refractivity contribution in [2.45, 2.75) is 45.6 Å². The Hall–Kier alpha value is -1.55. The summed E-state index contributed by atoms with van der Waals surface area (Å²) in [5.74, 6) is 0.991. The number of hydrogen-bond acceptors (Lipinski definition) is 3. The second-order valence-corrected chi connectivity index (χ2v) is 5.66. The first-order chi connectivity index (χ1) is 10.1. The lowest BCUT2D eigenvalue weighted by atomic mass is 10.1. The molecule has 1 atom stereocenters. The maximum Gasteiger partial charge on any atom is 0.220 e. The van der Waals surface area contributed by atoms with Gasteiger partial charge in [0, 0.05) is 19.6 Å². The van der Waals surface area contributed by atoms with E-state index in [9.17, 15) is 4.79 Å². The van der Waals surface area contributed by atoms with Crippen molar-refractivity contribution in [1.29, 1.82) is 0 Å².